The second-order valence-corrected chi connectivity index (χ2v) is 4.08. The van der Waals surface area contributed by atoms with Gasteiger partial charge in [-0.2, -0.15) is 0 Å². The fourth-order valence-electron chi connectivity index (χ4n) is 1.75. The van der Waals surface area contributed by atoms with Gasteiger partial charge in [0.05, 0.1) is 13.2 Å². The molecule has 4 heteroatoms. The summed E-state index contributed by atoms with van der Waals surface area (Å²) in [5, 5.41) is 0.513. The maximum atomic E-state index is 11.8. The molecule has 1 fully saturated rings. The number of carbonyl (C=O) groups is 1. The van der Waals surface area contributed by atoms with E-state index < -0.39 is 5.54 Å². The van der Waals surface area contributed by atoms with Gasteiger partial charge >= 0.3 is 0 Å². The predicted molar refractivity (Wildman–Crippen MR) is 57.8 cm³/mol. The van der Waals surface area contributed by atoms with Crippen molar-refractivity contribution < 1.29 is 9.53 Å². The van der Waals surface area contributed by atoms with Crippen molar-refractivity contribution in [3.63, 3.8) is 0 Å². The van der Waals surface area contributed by atoms with Crippen LogP contribution in [0.1, 0.15) is 12.0 Å². The molecule has 1 aliphatic heterocycles. The molecule has 1 atom stereocenters. The van der Waals surface area contributed by atoms with Gasteiger partial charge in [-0.15, -0.1) is 0 Å². The predicted octanol–water partition coefficient (Wildman–Crippen LogP) is 1.48. The van der Waals surface area contributed by atoms with Crippen LogP contribution in [0.2, 0.25) is 5.02 Å². The van der Waals surface area contributed by atoms with Crippen molar-refractivity contribution in [1.82, 2.24) is 0 Å². The highest BCUT2D eigenvalue weighted by molar-refractivity contribution is 6.31. The molecule has 1 saturated heterocycles. The quantitative estimate of drug-likeness (QED) is 0.788. The maximum Gasteiger partial charge on any atom is 0.161 e. The molecule has 0 radical (unpaired) electrons. The number of hydrogen-bond donors (Lipinski definition) is 1. The highest BCUT2D eigenvalue weighted by Gasteiger charge is 2.39. The molecule has 0 aromatic heterocycles. The van der Waals surface area contributed by atoms with E-state index in [1.54, 1.807) is 12.1 Å². The third-order valence-electron chi connectivity index (χ3n) is 2.66. The monoisotopic (exact) mass is 225 g/mol. The number of benzene rings is 1. The lowest BCUT2D eigenvalue weighted by Crippen LogP contribution is -2.52. The number of ether oxygens (including phenoxy) is 1. The Balaban J connectivity index is 2.44. The van der Waals surface area contributed by atoms with Gasteiger partial charge in [-0.1, -0.05) is 29.8 Å². The van der Waals surface area contributed by atoms with Gasteiger partial charge in [0.1, 0.15) is 5.54 Å². The first kappa shape index (κ1) is 10.6. The summed E-state index contributed by atoms with van der Waals surface area (Å²) in [4.78, 5) is 11.8. The summed E-state index contributed by atoms with van der Waals surface area (Å²) in [7, 11) is 0. The summed E-state index contributed by atoms with van der Waals surface area (Å²) < 4.78 is 5.26. The molecule has 1 unspecified atom stereocenters. The number of Topliss-reactive ketones (excluding diaryl/α,β-unsaturated/α-hetero) is 1. The molecular formula is C11H12ClNO2. The average Bonchev–Trinajstić information content (AvgIpc) is 2.23. The molecule has 80 valence electrons. The second-order valence-electron chi connectivity index (χ2n) is 3.68. The smallest absolute Gasteiger partial charge is 0.161 e. The summed E-state index contributed by atoms with van der Waals surface area (Å²) in [5.74, 6) is -0.0122. The standard InChI is InChI=1S/C11H12ClNO2/c12-9-4-2-1-3-8(9)11(13)7-15-6-5-10(11)14/h1-4H,5-7,13H2. The van der Waals surface area contributed by atoms with E-state index in [9.17, 15) is 4.79 Å². The molecule has 2 N–H and O–H groups in total. The third kappa shape index (κ3) is 1.78. The highest BCUT2D eigenvalue weighted by Crippen LogP contribution is 2.30. The van der Waals surface area contributed by atoms with Crippen molar-refractivity contribution in [1.29, 1.82) is 0 Å². The Kier molecular flexibility index (Phi) is 2.78. The van der Waals surface area contributed by atoms with Gasteiger partial charge in [0.15, 0.2) is 5.78 Å². The minimum Gasteiger partial charge on any atom is -0.378 e. The van der Waals surface area contributed by atoms with E-state index in [0.29, 0.717) is 23.6 Å². The van der Waals surface area contributed by atoms with E-state index in [4.69, 9.17) is 22.1 Å². The van der Waals surface area contributed by atoms with Crippen LogP contribution in [-0.2, 0) is 15.1 Å². The van der Waals surface area contributed by atoms with Gasteiger partial charge in [-0.05, 0) is 6.07 Å². The third-order valence-corrected chi connectivity index (χ3v) is 2.98. The summed E-state index contributed by atoms with van der Waals surface area (Å²) in [6.07, 6.45) is 0.349. The molecular weight excluding hydrogens is 214 g/mol. The molecule has 0 saturated carbocycles. The number of carbonyl (C=O) groups excluding carboxylic acids is 1. The Morgan fingerprint density at radius 3 is 2.80 bits per heavy atom. The minimum atomic E-state index is -1.07. The van der Waals surface area contributed by atoms with Crippen LogP contribution in [0.5, 0.6) is 0 Å². The van der Waals surface area contributed by atoms with Gasteiger partial charge in [-0.3, -0.25) is 4.79 Å². The van der Waals surface area contributed by atoms with Crippen molar-refractivity contribution >= 4 is 17.4 Å². The van der Waals surface area contributed by atoms with E-state index in [0.717, 1.165) is 0 Å². The number of halogens is 1. The van der Waals surface area contributed by atoms with Gasteiger partial charge < -0.3 is 10.5 Å². The van der Waals surface area contributed by atoms with Crippen LogP contribution in [-0.4, -0.2) is 19.0 Å². The van der Waals surface area contributed by atoms with Crippen LogP contribution >= 0.6 is 11.6 Å². The van der Waals surface area contributed by atoms with E-state index in [-0.39, 0.29) is 12.4 Å². The fraction of sp³-hybridized carbons (Fsp3) is 0.364. The van der Waals surface area contributed by atoms with Crippen LogP contribution in [0.15, 0.2) is 24.3 Å². The largest absolute Gasteiger partial charge is 0.378 e. The van der Waals surface area contributed by atoms with Crippen LogP contribution in [0.25, 0.3) is 0 Å². The molecule has 0 amide bonds. The molecule has 0 bridgehead atoms. The Hall–Kier alpha value is -0.900. The fourth-order valence-corrected chi connectivity index (χ4v) is 2.06. The molecule has 1 aromatic rings. The molecule has 1 aliphatic rings. The van der Waals surface area contributed by atoms with Crippen molar-refractivity contribution in [3.8, 4) is 0 Å². The second kappa shape index (κ2) is 3.93. The van der Waals surface area contributed by atoms with Crippen LogP contribution in [0.3, 0.4) is 0 Å². The SMILES string of the molecule is NC1(c2ccccc2Cl)COCCC1=O. The summed E-state index contributed by atoms with van der Waals surface area (Å²) in [6, 6.07) is 7.13. The summed E-state index contributed by atoms with van der Waals surface area (Å²) in [5.41, 5.74) is 5.64. The zero-order chi connectivity index (χ0) is 10.9. The minimum absolute atomic E-state index is 0.0122. The van der Waals surface area contributed by atoms with E-state index in [2.05, 4.69) is 0 Å². The number of nitrogens with two attached hydrogens (primary N) is 1. The molecule has 0 spiro atoms. The van der Waals surface area contributed by atoms with Crippen molar-refractivity contribution in [2.45, 2.75) is 12.0 Å². The summed E-state index contributed by atoms with van der Waals surface area (Å²) >= 11 is 6.02. The normalized spacial score (nSPS) is 26.7. The lowest BCUT2D eigenvalue weighted by molar-refractivity contribution is -0.133. The topological polar surface area (TPSA) is 52.3 Å². The number of hydrogen-bond acceptors (Lipinski definition) is 3. The Bertz CT molecular complexity index is 394. The average molecular weight is 226 g/mol. The zero-order valence-corrected chi connectivity index (χ0v) is 8.96. The first-order valence-electron chi connectivity index (χ1n) is 4.79. The highest BCUT2D eigenvalue weighted by atomic mass is 35.5. The van der Waals surface area contributed by atoms with E-state index >= 15 is 0 Å². The number of ketones is 1. The molecule has 0 aliphatic carbocycles. The Morgan fingerprint density at radius 2 is 2.13 bits per heavy atom. The van der Waals surface area contributed by atoms with Gasteiger partial charge in [0.25, 0.3) is 0 Å². The maximum absolute atomic E-state index is 11.8. The Morgan fingerprint density at radius 1 is 1.40 bits per heavy atom. The molecule has 1 heterocycles. The first-order chi connectivity index (χ1) is 7.14. The lowest BCUT2D eigenvalue weighted by Gasteiger charge is -2.32. The zero-order valence-electron chi connectivity index (χ0n) is 8.20. The van der Waals surface area contributed by atoms with E-state index in [1.165, 1.54) is 0 Å². The molecule has 1 aromatic carbocycles. The van der Waals surface area contributed by atoms with Crippen molar-refractivity contribution in [3.05, 3.63) is 34.9 Å². The van der Waals surface area contributed by atoms with Gasteiger partial charge in [0, 0.05) is 17.0 Å². The number of rotatable bonds is 1. The van der Waals surface area contributed by atoms with Crippen molar-refractivity contribution in [2.24, 2.45) is 5.73 Å². The van der Waals surface area contributed by atoms with Gasteiger partial charge in [-0.25, -0.2) is 0 Å². The van der Waals surface area contributed by atoms with Gasteiger partial charge in [0.2, 0.25) is 0 Å². The lowest BCUT2D eigenvalue weighted by atomic mass is 9.84. The Labute approximate surface area is 93.2 Å². The van der Waals surface area contributed by atoms with Crippen LogP contribution in [0, 0.1) is 0 Å². The van der Waals surface area contributed by atoms with Crippen LogP contribution < -0.4 is 5.73 Å². The van der Waals surface area contributed by atoms with Crippen molar-refractivity contribution in [2.75, 3.05) is 13.2 Å². The molecule has 2 rings (SSSR count). The first-order valence-corrected chi connectivity index (χ1v) is 5.17. The summed E-state index contributed by atoms with van der Waals surface area (Å²) in [6.45, 7) is 0.651. The molecule has 3 nitrogen and oxygen atoms in total. The van der Waals surface area contributed by atoms with Crippen LogP contribution in [0.4, 0.5) is 0 Å². The van der Waals surface area contributed by atoms with E-state index in [1.807, 2.05) is 12.1 Å². The molecule has 15 heavy (non-hydrogen) atoms.